The zero-order valence-corrected chi connectivity index (χ0v) is 10.1. The summed E-state index contributed by atoms with van der Waals surface area (Å²) in [7, 11) is 1.17. The zero-order valence-electron chi connectivity index (χ0n) is 10.1. The molecule has 0 aliphatic heterocycles. The molecule has 0 saturated carbocycles. The van der Waals surface area contributed by atoms with Crippen LogP contribution in [0.3, 0.4) is 0 Å². The maximum Gasteiger partial charge on any atom is 0.257 e. The van der Waals surface area contributed by atoms with Gasteiger partial charge < -0.3 is 35.3 Å². The molecule has 0 aliphatic rings. The van der Waals surface area contributed by atoms with Gasteiger partial charge in [0, 0.05) is 0 Å². The number of rotatable bonds is 7. The Kier molecular flexibility index (Phi) is 7.18. The van der Waals surface area contributed by atoms with Gasteiger partial charge in [-0.05, 0) is 13.8 Å². The van der Waals surface area contributed by atoms with Crippen LogP contribution in [0.25, 0.3) is 0 Å². The molecule has 0 aromatic heterocycles. The molecule has 0 bridgehead atoms. The molecule has 6 unspecified atom stereocenters. The highest BCUT2D eigenvalue weighted by Crippen LogP contribution is 2.15. The first-order valence-corrected chi connectivity index (χ1v) is 5.35. The predicted molar refractivity (Wildman–Crippen MR) is 60.8 cm³/mol. The van der Waals surface area contributed by atoms with Crippen molar-refractivity contribution in [1.82, 2.24) is 0 Å². The minimum absolute atomic E-state index is 1.17. The Hall–Kier alpha value is -0.215. The first-order valence-electron chi connectivity index (χ1n) is 5.35. The molecular formula is C9H21BO7. The Labute approximate surface area is 101 Å². The highest BCUT2D eigenvalue weighted by Gasteiger charge is 2.38. The monoisotopic (exact) mass is 252 g/mol. The predicted octanol–water partition coefficient (Wildman–Crippen LogP) is -3.88. The van der Waals surface area contributed by atoms with Crippen molar-refractivity contribution in [3.63, 3.8) is 0 Å². The third-order valence-corrected chi connectivity index (χ3v) is 2.63. The molecule has 0 aromatic rings. The zero-order chi connectivity index (χ0) is 13.7. The second kappa shape index (κ2) is 7.27. The first-order chi connectivity index (χ1) is 7.73. The summed E-state index contributed by atoms with van der Waals surface area (Å²) in [6.07, 6.45) is -10.0. The van der Waals surface area contributed by atoms with E-state index in [2.05, 4.69) is 0 Å². The van der Waals surface area contributed by atoms with E-state index in [0.29, 0.717) is 0 Å². The van der Waals surface area contributed by atoms with Crippen molar-refractivity contribution < 1.29 is 35.3 Å². The van der Waals surface area contributed by atoms with Crippen LogP contribution in [-0.2, 0) is 4.65 Å². The van der Waals surface area contributed by atoms with Gasteiger partial charge in [0.1, 0.15) is 24.4 Å². The van der Waals surface area contributed by atoms with Gasteiger partial charge in [-0.15, -0.1) is 0 Å². The van der Waals surface area contributed by atoms with E-state index < -0.39 is 42.7 Å². The van der Waals surface area contributed by atoms with Gasteiger partial charge in [-0.25, -0.2) is 0 Å². The highest BCUT2D eigenvalue weighted by molar-refractivity contribution is 5.98. The fourth-order valence-corrected chi connectivity index (χ4v) is 1.44. The minimum atomic E-state index is -1.59. The number of hydrogen-bond acceptors (Lipinski definition) is 7. The Morgan fingerprint density at radius 2 is 1.00 bits per heavy atom. The molecule has 17 heavy (non-hydrogen) atoms. The molecule has 0 saturated heterocycles. The molecule has 0 heterocycles. The Balaban J connectivity index is 4.71. The molecule has 6 N–H and O–H groups in total. The van der Waals surface area contributed by atoms with E-state index in [0.717, 1.165) is 0 Å². The molecule has 0 amide bonds. The van der Waals surface area contributed by atoms with Crippen molar-refractivity contribution in [1.29, 1.82) is 0 Å². The SMILES string of the molecule is BOC(C(O)C(O)C(C)O)C(O)C(O)[C@H](C)O. The maximum absolute atomic E-state index is 9.66. The Morgan fingerprint density at radius 3 is 1.18 bits per heavy atom. The van der Waals surface area contributed by atoms with E-state index in [-0.39, 0.29) is 0 Å². The molecule has 7 nitrogen and oxygen atoms in total. The molecule has 0 spiro atoms. The largest absolute Gasteiger partial charge is 0.436 e. The van der Waals surface area contributed by atoms with Gasteiger partial charge >= 0.3 is 0 Å². The molecule has 8 heteroatoms. The molecule has 0 fully saturated rings. The third-order valence-electron chi connectivity index (χ3n) is 2.63. The van der Waals surface area contributed by atoms with Crippen LogP contribution in [0, 0.1) is 0 Å². The fourth-order valence-electron chi connectivity index (χ4n) is 1.44. The van der Waals surface area contributed by atoms with Crippen molar-refractivity contribution in [2.45, 2.75) is 56.6 Å². The second-order valence-electron chi connectivity index (χ2n) is 4.14. The smallest absolute Gasteiger partial charge is 0.257 e. The van der Waals surface area contributed by atoms with Gasteiger partial charge in [0.15, 0.2) is 0 Å². The summed E-state index contributed by atoms with van der Waals surface area (Å²) in [6, 6.07) is 0. The average Bonchev–Trinajstić information content (AvgIpc) is 2.26. The molecule has 0 rings (SSSR count). The summed E-state index contributed by atoms with van der Waals surface area (Å²) in [5, 5.41) is 56.4. The lowest BCUT2D eigenvalue weighted by Gasteiger charge is -2.33. The molecule has 0 aromatic carbocycles. The summed E-state index contributed by atoms with van der Waals surface area (Å²) in [6.45, 7) is 2.52. The van der Waals surface area contributed by atoms with Crippen molar-refractivity contribution in [3.8, 4) is 0 Å². The van der Waals surface area contributed by atoms with E-state index in [9.17, 15) is 20.4 Å². The van der Waals surface area contributed by atoms with Crippen LogP contribution in [0.15, 0.2) is 0 Å². The average molecular weight is 252 g/mol. The van der Waals surface area contributed by atoms with E-state index in [1.54, 1.807) is 0 Å². The second-order valence-corrected chi connectivity index (χ2v) is 4.14. The molecule has 102 valence electrons. The summed E-state index contributed by atoms with van der Waals surface area (Å²) in [5.41, 5.74) is 0. The Bertz CT molecular complexity index is 194. The summed E-state index contributed by atoms with van der Waals surface area (Å²) >= 11 is 0. The van der Waals surface area contributed by atoms with E-state index in [1.807, 2.05) is 0 Å². The molecule has 0 aliphatic carbocycles. The van der Waals surface area contributed by atoms with Crippen LogP contribution in [0.1, 0.15) is 13.8 Å². The topological polar surface area (TPSA) is 131 Å². The minimum Gasteiger partial charge on any atom is -0.436 e. The third kappa shape index (κ3) is 4.51. The Morgan fingerprint density at radius 1 is 0.706 bits per heavy atom. The van der Waals surface area contributed by atoms with Crippen molar-refractivity contribution in [2.24, 2.45) is 0 Å². The van der Waals surface area contributed by atoms with Gasteiger partial charge in [-0.3, -0.25) is 0 Å². The number of hydrogen-bond donors (Lipinski definition) is 6. The highest BCUT2D eigenvalue weighted by atomic mass is 16.5. The van der Waals surface area contributed by atoms with E-state index in [1.165, 1.54) is 21.9 Å². The normalized spacial score (nSPS) is 24.5. The lowest BCUT2D eigenvalue weighted by molar-refractivity contribution is -0.154. The van der Waals surface area contributed by atoms with Crippen LogP contribution < -0.4 is 0 Å². The van der Waals surface area contributed by atoms with Crippen LogP contribution in [0.4, 0.5) is 0 Å². The summed E-state index contributed by atoms with van der Waals surface area (Å²) < 4.78 is 4.77. The molecule has 7 atom stereocenters. The van der Waals surface area contributed by atoms with E-state index >= 15 is 0 Å². The van der Waals surface area contributed by atoms with Crippen LogP contribution in [0.2, 0.25) is 0 Å². The number of aliphatic hydroxyl groups is 6. The van der Waals surface area contributed by atoms with Crippen LogP contribution in [0.5, 0.6) is 0 Å². The number of aliphatic hydroxyl groups excluding tert-OH is 6. The molecular weight excluding hydrogens is 231 g/mol. The first kappa shape index (κ1) is 16.8. The van der Waals surface area contributed by atoms with Crippen LogP contribution >= 0.6 is 0 Å². The summed E-state index contributed by atoms with van der Waals surface area (Å²) in [4.78, 5) is 0. The quantitative estimate of drug-likeness (QED) is 0.255. The van der Waals surface area contributed by atoms with Gasteiger partial charge in [-0.2, -0.15) is 0 Å². The standard InChI is InChI=1S/C9H21BO7/c1-3(11)5(13)7(15)9(17-10)8(16)6(14)4(2)12/h3-9,11-16H,10H2,1-2H3/t3-,4?,5?,6?,7?,8?,9?/m0/s1. The lowest BCUT2D eigenvalue weighted by atomic mass is 9.94. The van der Waals surface area contributed by atoms with Crippen molar-refractivity contribution >= 4 is 8.05 Å². The van der Waals surface area contributed by atoms with E-state index in [4.69, 9.17) is 14.9 Å². The van der Waals surface area contributed by atoms with Crippen molar-refractivity contribution in [2.75, 3.05) is 0 Å². The van der Waals surface area contributed by atoms with Crippen molar-refractivity contribution in [3.05, 3.63) is 0 Å². The molecule has 0 radical (unpaired) electrons. The maximum atomic E-state index is 9.66. The van der Waals surface area contributed by atoms with Crippen LogP contribution in [-0.4, -0.2) is 81.4 Å². The fraction of sp³-hybridized carbons (Fsp3) is 1.00. The lowest BCUT2D eigenvalue weighted by Crippen LogP contribution is -2.54. The van der Waals surface area contributed by atoms with Gasteiger partial charge in [0.05, 0.1) is 18.3 Å². The van der Waals surface area contributed by atoms with Gasteiger partial charge in [-0.1, -0.05) is 0 Å². The van der Waals surface area contributed by atoms with Gasteiger partial charge in [0.2, 0.25) is 0 Å². The summed E-state index contributed by atoms with van der Waals surface area (Å²) in [5.74, 6) is 0. The van der Waals surface area contributed by atoms with Gasteiger partial charge in [0.25, 0.3) is 8.05 Å².